The second kappa shape index (κ2) is 10.3. The summed E-state index contributed by atoms with van der Waals surface area (Å²) in [5.41, 5.74) is 2.29. The van der Waals surface area contributed by atoms with Crippen LogP contribution in [0, 0.1) is 5.92 Å². The van der Waals surface area contributed by atoms with E-state index in [0.717, 1.165) is 38.2 Å². The van der Waals surface area contributed by atoms with Gasteiger partial charge < -0.3 is 15.4 Å². The Balaban J connectivity index is 1.77. The number of carbonyl (C=O) groups is 2. The second-order valence-corrected chi connectivity index (χ2v) is 7.04. The van der Waals surface area contributed by atoms with E-state index in [-0.39, 0.29) is 30.4 Å². The first-order valence-electron chi connectivity index (χ1n) is 9.44. The van der Waals surface area contributed by atoms with Gasteiger partial charge in [-0.15, -0.1) is 0 Å². The summed E-state index contributed by atoms with van der Waals surface area (Å²) in [6, 6.07) is 8.25. The van der Waals surface area contributed by atoms with E-state index in [9.17, 15) is 9.59 Å². The lowest BCUT2D eigenvalue weighted by Crippen LogP contribution is -2.40. The molecular formula is C20H31N3O3. The van der Waals surface area contributed by atoms with E-state index in [1.807, 2.05) is 26.0 Å². The lowest BCUT2D eigenvalue weighted by molar-refractivity contribution is -0.128. The van der Waals surface area contributed by atoms with E-state index < -0.39 is 0 Å². The van der Waals surface area contributed by atoms with Crippen molar-refractivity contribution in [3.05, 3.63) is 35.4 Å². The number of amides is 2. The summed E-state index contributed by atoms with van der Waals surface area (Å²) < 4.78 is 5.58. The Morgan fingerprint density at radius 2 is 2.08 bits per heavy atom. The number of rotatable bonds is 8. The molecule has 0 aliphatic carbocycles. The van der Waals surface area contributed by atoms with E-state index in [1.165, 1.54) is 5.56 Å². The molecule has 6 nitrogen and oxygen atoms in total. The standard InChI is InChI=1S/C20H31N3O3/c1-4-15(2)20(25)22-12-19(24)21-11-17-6-5-7-18(10-17)14-23-8-9-26-16(3)13-23/h5-7,10,15-16H,4,8-9,11-14H2,1-3H3,(H,21,24)(H,22,25). The van der Waals surface area contributed by atoms with Crippen LogP contribution >= 0.6 is 0 Å². The van der Waals surface area contributed by atoms with E-state index in [2.05, 4.69) is 34.6 Å². The highest BCUT2D eigenvalue weighted by Crippen LogP contribution is 2.12. The molecule has 2 rings (SSSR count). The molecule has 1 aliphatic heterocycles. The van der Waals surface area contributed by atoms with Crippen molar-refractivity contribution in [2.24, 2.45) is 5.92 Å². The maximum atomic E-state index is 11.9. The highest BCUT2D eigenvalue weighted by Gasteiger charge is 2.16. The van der Waals surface area contributed by atoms with Crippen LogP contribution in [0.25, 0.3) is 0 Å². The minimum Gasteiger partial charge on any atom is -0.376 e. The van der Waals surface area contributed by atoms with Gasteiger partial charge in [-0.2, -0.15) is 0 Å². The Kier molecular flexibility index (Phi) is 8.06. The maximum Gasteiger partial charge on any atom is 0.239 e. The quantitative estimate of drug-likeness (QED) is 0.739. The first-order valence-corrected chi connectivity index (χ1v) is 9.44. The van der Waals surface area contributed by atoms with Gasteiger partial charge in [0.25, 0.3) is 0 Å². The third kappa shape index (κ3) is 6.77. The number of nitrogens with one attached hydrogen (secondary N) is 2. The Morgan fingerprint density at radius 3 is 2.81 bits per heavy atom. The zero-order valence-electron chi connectivity index (χ0n) is 16.1. The minimum absolute atomic E-state index is 0.0224. The lowest BCUT2D eigenvalue weighted by atomic mass is 10.1. The molecule has 1 saturated heterocycles. The summed E-state index contributed by atoms with van der Waals surface area (Å²) in [6.07, 6.45) is 1.04. The van der Waals surface area contributed by atoms with Crippen molar-refractivity contribution in [2.75, 3.05) is 26.2 Å². The third-order valence-corrected chi connectivity index (χ3v) is 4.70. The van der Waals surface area contributed by atoms with Gasteiger partial charge in [0.2, 0.25) is 11.8 Å². The molecule has 26 heavy (non-hydrogen) atoms. The van der Waals surface area contributed by atoms with Crippen LogP contribution < -0.4 is 10.6 Å². The molecule has 6 heteroatoms. The minimum atomic E-state index is -0.172. The molecule has 0 aromatic heterocycles. The van der Waals surface area contributed by atoms with Gasteiger partial charge in [0.15, 0.2) is 0 Å². The van der Waals surface area contributed by atoms with Gasteiger partial charge in [-0.3, -0.25) is 14.5 Å². The van der Waals surface area contributed by atoms with E-state index in [4.69, 9.17) is 4.74 Å². The van der Waals surface area contributed by atoms with E-state index in [1.54, 1.807) is 0 Å². The number of carbonyl (C=O) groups excluding carboxylic acids is 2. The zero-order chi connectivity index (χ0) is 18.9. The Morgan fingerprint density at radius 1 is 1.31 bits per heavy atom. The van der Waals surface area contributed by atoms with Crippen LogP contribution in [-0.2, 0) is 27.4 Å². The monoisotopic (exact) mass is 361 g/mol. The SMILES string of the molecule is CCC(C)C(=O)NCC(=O)NCc1cccc(CN2CCOC(C)C2)c1. The summed E-state index contributed by atoms with van der Waals surface area (Å²) in [5, 5.41) is 5.53. The smallest absolute Gasteiger partial charge is 0.239 e. The maximum absolute atomic E-state index is 11.9. The number of ether oxygens (including phenoxy) is 1. The number of nitrogens with zero attached hydrogens (tertiary/aromatic N) is 1. The fourth-order valence-electron chi connectivity index (χ4n) is 2.92. The fraction of sp³-hybridized carbons (Fsp3) is 0.600. The van der Waals surface area contributed by atoms with Crippen molar-refractivity contribution in [1.82, 2.24) is 15.5 Å². The number of benzene rings is 1. The van der Waals surface area contributed by atoms with E-state index in [0.29, 0.717) is 6.54 Å². The van der Waals surface area contributed by atoms with Gasteiger partial charge in [-0.25, -0.2) is 0 Å². The molecule has 1 aromatic carbocycles. The number of hydrogen-bond acceptors (Lipinski definition) is 4. The molecule has 0 spiro atoms. The zero-order valence-corrected chi connectivity index (χ0v) is 16.1. The molecule has 0 radical (unpaired) electrons. The van der Waals surface area contributed by atoms with Gasteiger partial charge in [0.1, 0.15) is 0 Å². The summed E-state index contributed by atoms with van der Waals surface area (Å²) in [5.74, 6) is -0.319. The molecule has 2 unspecified atom stereocenters. The van der Waals surface area contributed by atoms with Gasteiger partial charge >= 0.3 is 0 Å². The Hall–Kier alpha value is -1.92. The molecule has 1 aliphatic rings. The predicted molar refractivity (Wildman–Crippen MR) is 101 cm³/mol. The topological polar surface area (TPSA) is 70.7 Å². The molecule has 0 bridgehead atoms. The van der Waals surface area contributed by atoms with Crippen molar-refractivity contribution in [1.29, 1.82) is 0 Å². The molecule has 2 atom stereocenters. The van der Waals surface area contributed by atoms with Crippen LogP contribution in [0.3, 0.4) is 0 Å². The van der Waals surface area contributed by atoms with Crippen molar-refractivity contribution in [2.45, 2.75) is 46.4 Å². The summed E-state index contributed by atoms with van der Waals surface area (Å²) in [7, 11) is 0. The van der Waals surface area contributed by atoms with Gasteiger partial charge in [-0.05, 0) is 24.5 Å². The second-order valence-electron chi connectivity index (χ2n) is 7.04. The Bertz CT molecular complexity index is 606. The first kappa shape index (κ1) is 20.4. The molecule has 1 heterocycles. The van der Waals surface area contributed by atoms with Crippen molar-refractivity contribution in [3.63, 3.8) is 0 Å². The van der Waals surface area contributed by atoms with Crippen LogP contribution in [0.1, 0.15) is 38.3 Å². The van der Waals surface area contributed by atoms with Gasteiger partial charge in [0.05, 0.1) is 19.3 Å². The molecular weight excluding hydrogens is 330 g/mol. The number of morpholine rings is 1. The molecule has 2 N–H and O–H groups in total. The largest absolute Gasteiger partial charge is 0.376 e. The molecule has 2 amide bonds. The first-order chi connectivity index (χ1) is 12.5. The third-order valence-electron chi connectivity index (χ3n) is 4.70. The molecule has 1 aromatic rings. The van der Waals surface area contributed by atoms with Crippen LogP contribution in [0.4, 0.5) is 0 Å². The normalized spacial score (nSPS) is 19.0. The molecule has 144 valence electrons. The summed E-state index contributed by atoms with van der Waals surface area (Å²) in [6.45, 7) is 9.94. The average molecular weight is 361 g/mol. The highest BCUT2D eigenvalue weighted by atomic mass is 16.5. The highest BCUT2D eigenvalue weighted by molar-refractivity contribution is 5.85. The van der Waals surface area contributed by atoms with E-state index >= 15 is 0 Å². The molecule has 0 saturated carbocycles. The fourth-order valence-corrected chi connectivity index (χ4v) is 2.92. The summed E-state index contributed by atoms with van der Waals surface area (Å²) >= 11 is 0. The lowest BCUT2D eigenvalue weighted by Gasteiger charge is -2.31. The van der Waals surface area contributed by atoms with Gasteiger partial charge in [-0.1, -0.05) is 38.1 Å². The molecule has 1 fully saturated rings. The van der Waals surface area contributed by atoms with Crippen LogP contribution in [0.2, 0.25) is 0 Å². The predicted octanol–water partition coefficient (Wildman–Crippen LogP) is 1.69. The van der Waals surface area contributed by atoms with Gasteiger partial charge in [0, 0.05) is 32.1 Å². The Labute approximate surface area is 156 Å². The average Bonchev–Trinajstić information content (AvgIpc) is 2.64. The van der Waals surface area contributed by atoms with Crippen LogP contribution in [0.15, 0.2) is 24.3 Å². The van der Waals surface area contributed by atoms with Crippen molar-refractivity contribution >= 4 is 11.8 Å². The van der Waals surface area contributed by atoms with Crippen LogP contribution in [0.5, 0.6) is 0 Å². The van der Waals surface area contributed by atoms with Crippen molar-refractivity contribution < 1.29 is 14.3 Å². The number of hydrogen-bond donors (Lipinski definition) is 2. The summed E-state index contributed by atoms with van der Waals surface area (Å²) in [4.78, 5) is 26.0. The van der Waals surface area contributed by atoms with Crippen LogP contribution in [-0.4, -0.2) is 49.1 Å². The van der Waals surface area contributed by atoms with Crippen molar-refractivity contribution in [3.8, 4) is 0 Å².